The predicted molar refractivity (Wildman–Crippen MR) is 66.0 cm³/mol. The molecule has 0 aliphatic rings. The number of allylic oxidation sites excluding steroid dienone is 2. The van der Waals surface area contributed by atoms with E-state index in [1.807, 2.05) is 0 Å². The van der Waals surface area contributed by atoms with Crippen molar-refractivity contribution in [2.24, 2.45) is 0 Å². The van der Waals surface area contributed by atoms with E-state index in [0.29, 0.717) is 0 Å². The third-order valence-electron chi connectivity index (χ3n) is 2.31. The standard InChI is InChI=1S/C12H24Si/c1-7-8-13(6,9-11(2)3)10-12(4)5/h2,4,7-10H2,1,3,5-6H3. The summed E-state index contributed by atoms with van der Waals surface area (Å²) in [5, 5.41) is 0. The largest absolute Gasteiger partial charge is 0.100 e. The molecule has 0 aromatic carbocycles. The van der Waals surface area contributed by atoms with Crippen LogP contribution in [-0.4, -0.2) is 8.07 Å². The highest BCUT2D eigenvalue weighted by Gasteiger charge is 2.25. The lowest BCUT2D eigenvalue weighted by Crippen LogP contribution is -2.29. The Kier molecular flexibility index (Phi) is 5.31. The van der Waals surface area contributed by atoms with E-state index >= 15 is 0 Å². The van der Waals surface area contributed by atoms with Crippen molar-refractivity contribution in [2.45, 2.75) is 51.9 Å². The molecule has 0 nitrogen and oxygen atoms in total. The maximum Gasteiger partial charge on any atom is 0.0584 e. The van der Waals surface area contributed by atoms with Gasteiger partial charge in [-0.25, -0.2) is 0 Å². The maximum atomic E-state index is 4.03. The van der Waals surface area contributed by atoms with Gasteiger partial charge in [0.2, 0.25) is 0 Å². The van der Waals surface area contributed by atoms with Gasteiger partial charge in [-0.3, -0.25) is 0 Å². The average Bonchev–Trinajstić information content (AvgIpc) is 1.81. The van der Waals surface area contributed by atoms with Crippen LogP contribution in [0.1, 0.15) is 27.2 Å². The molecule has 0 fully saturated rings. The smallest absolute Gasteiger partial charge is 0.0584 e. The number of rotatable bonds is 6. The van der Waals surface area contributed by atoms with E-state index in [9.17, 15) is 0 Å². The van der Waals surface area contributed by atoms with Gasteiger partial charge in [-0.1, -0.05) is 37.1 Å². The van der Waals surface area contributed by atoms with Gasteiger partial charge in [0, 0.05) is 0 Å². The Hall–Kier alpha value is -0.303. The Bertz CT molecular complexity index is 175. The van der Waals surface area contributed by atoms with Gasteiger partial charge in [0.1, 0.15) is 0 Å². The highest BCUT2D eigenvalue weighted by Crippen LogP contribution is 2.28. The average molecular weight is 196 g/mol. The second-order valence-electron chi connectivity index (χ2n) is 4.83. The molecule has 76 valence electrons. The van der Waals surface area contributed by atoms with Crippen molar-refractivity contribution < 1.29 is 0 Å². The number of hydrogen-bond donors (Lipinski definition) is 0. The van der Waals surface area contributed by atoms with Crippen LogP contribution in [-0.2, 0) is 0 Å². The van der Waals surface area contributed by atoms with Crippen molar-refractivity contribution in [1.82, 2.24) is 0 Å². The van der Waals surface area contributed by atoms with Crippen LogP contribution in [0.3, 0.4) is 0 Å². The van der Waals surface area contributed by atoms with Crippen LogP contribution in [0.5, 0.6) is 0 Å². The lowest BCUT2D eigenvalue weighted by Gasteiger charge is -2.27. The molecule has 1 heteroatoms. The molecular formula is C12H24Si. The van der Waals surface area contributed by atoms with E-state index < -0.39 is 8.07 Å². The van der Waals surface area contributed by atoms with Crippen molar-refractivity contribution in [3.8, 4) is 0 Å². The lowest BCUT2D eigenvalue weighted by molar-refractivity contribution is 1.02. The highest BCUT2D eigenvalue weighted by atomic mass is 28.3. The molecule has 0 rings (SSSR count). The minimum atomic E-state index is -1.07. The third-order valence-corrected chi connectivity index (χ3v) is 6.93. The molecule has 0 bridgehead atoms. The molecule has 0 spiro atoms. The summed E-state index contributed by atoms with van der Waals surface area (Å²) in [5.74, 6) is 0. The molecule has 13 heavy (non-hydrogen) atoms. The topological polar surface area (TPSA) is 0 Å². The molecule has 0 atom stereocenters. The molecule has 0 amide bonds. The second-order valence-corrected chi connectivity index (χ2v) is 9.66. The van der Waals surface area contributed by atoms with Crippen molar-refractivity contribution in [1.29, 1.82) is 0 Å². The van der Waals surface area contributed by atoms with E-state index in [1.165, 1.54) is 35.7 Å². The molecule has 0 heterocycles. The molecule has 0 saturated heterocycles. The van der Waals surface area contributed by atoms with Crippen LogP contribution in [0, 0.1) is 0 Å². The summed E-state index contributed by atoms with van der Waals surface area (Å²) in [5.41, 5.74) is 2.70. The summed E-state index contributed by atoms with van der Waals surface area (Å²) >= 11 is 0. The monoisotopic (exact) mass is 196 g/mol. The quantitative estimate of drug-likeness (QED) is 0.429. The zero-order chi connectivity index (χ0) is 10.5. The molecule has 0 N–H and O–H groups in total. The SMILES string of the molecule is C=C(C)C[Si](C)(CCC)CC(=C)C. The molecule has 0 radical (unpaired) electrons. The first kappa shape index (κ1) is 12.7. The molecule has 0 unspecified atom stereocenters. The Morgan fingerprint density at radius 2 is 1.46 bits per heavy atom. The molecule has 0 aromatic heterocycles. The molecule has 0 aliphatic heterocycles. The van der Waals surface area contributed by atoms with E-state index in [4.69, 9.17) is 0 Å². The third kappa shape index (κ3) is 5.86. The molecule has 0 aliphatic carbocycles. The van der Waals surface area contributed by atoms with Gasteiger partial charge >= 0.3 is 0 Å². The van der Waals surface area contributed by atoms with E-state index in [2.05, 4.69) is 40.5 Å². The van der Waals surface area contributed by atoms with Gasteiger partial charge in [0.25, 0.3) is 0 Å². The summed E-state index contributed by atoms with van der Waals surface area (Å²) in [6, 6.07) is 3.95. The van der Waals surface area contributed by atoms with Crippen LogP contribution < -0.4 is 0 Å². The van der Waals surface area contributed by atoms with Crippen LogP contribution >= 0.6 is 0 Å². The van der Waals surface area contributed by atoms with E-state index in [1.54, 1.807) is 0 Å². The Morgan fingerprint density at radius 1 is 1.08 bits per heavy atom. The van der Waals surface area contributed by atoms with Gasteiger partial charge in [-0.2, -0.15) is 0 Å². The van der Waals surface area contributed by atoms with Crippen LogP contribution in [0.2, 0.25) is 24.7 Å². The van der Waals surface area contributed by atoms with Crippen molar-refractivity contribution in [3.63, 3.8) is 0 Å². The van der Waals surface area contributed by atoms with Gasteiger partial charge in [0.15, 0.2) is 0 Å². The van der Waals surface area contributed by atoms with Crippen LogP contribution in [0.15, 0.2) is 24.3 Å². The predicted octanol–water partition coefficient (Wildman–Crippen LogP) is 4.63. The molecule has 0 saturated carbocycles. The Labute approximate surface area is 84.8 Å². The fraction of sp³-hybridized carbons (Fsp3) is 0.667. The van der Waals surface area contributed by atoms with Crippen LogP contribution in [0.25, 0.3) is 0 Å². The highest BCUT2D eigenvalue weighted by molar-refractivity contribution is 6.79. The molecule has 0 aromatic rings. The summed E-state index contributed by atoms with van der Waals surface area (Å²) in [6.45, 7) is 17.1. The van der Waals surface area contributed by atoms with Crippen molar-refractivity contribution >= 4 is 8.07 Å². The first-order chi connectivity index (χ1) is 5.89. The van der Waals surface area contributed by atoms with Gasteiger partial charge in [-0.05, 0) is 25.9 Å². The summed E-state index contributed by atoms with van der Waals surface area (Å²) in [4.78, 5) is 0. The Morgan fingerprint density at radius 3 is 1.69 bits per heavy atom. The maximum absolute atomic E-state index is 4.03. The fourth-order valence-corrected chi connectivity index (χ4v) is 6.90. The molecular weight excluding hydrogens is 172 g/mol. The van der Waals surface area contributed by atoms with Gasteiger partial charge in [0.05, 0.1) is 8.07 Å². The van der Waals surface area contributed by atoms with E-state index in [-0.39, 0.29) is 0 Å². The normalized spacial score (nSPS) is 11.4. The Balaban J connectivity index is 4.32. The van der Waals surface area contributed by atoms with Crippen molar-refractivity contribution in [3.05, 3.63) is 24.3 Å². The van der Waals surface area contributed by atoms with E-state index in [0.717, 1.165) is 0 Å². The summed E-state index contributed by atoms with van der Waals surface area (Å²) < 4.78 is 0. The van der Waals surface area contributed by atoms with Gasteiger partial charge < -0.3 is 0 Å². The first-order valence-corrected chi connectivity index (χ1v) is 8.30. The second kappa shape index (κ2) is 5.43. The minimum absolute atomic E-state index is 1.07. The number of hydrogen-bond acceptors (Lipinski definition) is 0. The zero-order valence-electron chi connectivity index (χ0n) is 9.74. The summed E-state index contributed by atoms with van der Waals surface area (Å²) in [6.07, 6.45) is 1.31. The summed E-state index contributed by atoms with van der Waals surface area (Å²) in [7, 11) is -1.07. The fourth-order valence-electron chi connectivity index (χ4n) is 2.30. The minimum Gasteiger partial charge on any atom is -0.100 e. The zero-order valence-corrected chi connectivity index (χ0v) is 10.7. The van der Waals surface area contributed by atoms with Gasteiger partial charge in [-0.15, -0.1) is 13.2 Å². The van der Waals surface area contributed by atoms with Crippen molar-refractivity contribution in [2.75, 3.05) is 0 Å². The van der Waals surface area contributed by atoms with Crippen LogP contribution in [0.4, 0.5) is 0 Å². The first-order valence-electron chi connectivity index (χ1n) is 5.18. The lowest BCUT2D eigenvalue weighted by atomic mass is 10.4.